The average molecular weight is 207 g/mol. The van der Waals surface area contributed by atoms with Crippen molar-refractivity contribution in [1.29, 1.82) is 0 Å². The number of nitrogens with two attached hydrogens (primary N) is 1. The molecule has 0 aliphatic heterocycles. The van der Waals surface area contributed by atoms with Crippen LogP contribution in [0.25, 0.3) is 0 Å². The maximum absolute atomic E-state index is 5.94. The first-order valence-electron chi connectivity index (χ1n) is 6.07. The largest absolute Gasteiger partial charge is 0.466 e. The van der Waals surface area contributed by atoms with Crippen molar-refractivity contribution in [3.05, 3.63) is 23.2 Å². The number of aryl methyl sites for hydroxylation is 2. The van der Waals surface area contributed by atoms with E-state index in [4.69, 9.17) is 10.2 Å². The second kappa shape index (κ2) is 4.40. The highest BCUT2D eigenvalue weighted by molar-refractivity contribution is 5.27. The summed E-state index contributed by atoms with van der Waals surface area (Å²) in [6.45, 7) is 5.13. The van der Waals surface area contributed by atoms with Crippen molar-refractivity contribution in [2.45, 2.75) is 45.4 Å². The second-order valence-electron chi connectivity index (χ2n) is 4.67. The van der Waals surface area contributed by atoms with Crippen LogP contribution in [0.5, 0.6) is 0 Å². The lowest BCUT2D eigenvalue weighted by atomic mass is 9.81. The zero-order valence-electron chi connectivity index (χ0n) is 9.75. The SMILES string of the molecule is CCc1cc2c(o1)C(C(C)CN)CCC2. The number of hydrogen-bond donors (Lipinski definition) is 1. The minimum Gasteiger partial charge on any atom is -0.466 e. The van der Waals surface area contributed by atoms with Gasteiger partial charge in [0, 0.05) is 12.3 Å². The van der Waals surface area contributed by atoms with Gasteiger partial charge in [-0.15, -0.1) is 0 Å². The van der Waals surface area contributed by atoms with E-state index in [1.165, 1.54) is 30.6 Å². The van der Waals surface area contributed by atoms with Crippen LogP contribution >= 0.6 is 0 Å². The summed E-state index contributed by atoms with van der Waals surface area (Å²) < 4.78 is 5.94. The lowest BCUT2D eigenvalue weighted by Crippen LogP contribution is -2.21. The van der Waals surface area contributed by atoms with Crippen molar-refractivity contribution in [2.75, 3.05) is 6.54 Å². The highest BCUT2D eigenvalue weighted by Crippen LogP contribution is 2.38. The zero-order valence-corrected chi connectivity index (χ0v) is 9.75. The maximum Gasteiger partial charge on any atom is 0.110 e. The monoisotopic (exact) mass is 207 g/mol. The van der Waals surface area contributed by atoms with Crippen molar-refractivity contribution in [2.24, 2.45) is 11.7 Å². The van der Waals surface area contributed by atoms with Crippen LogP contribution < -0.4 is 5.73 Å². The molecule has 0 saturated heterocycles. The molecule has 1 aromatic rings. The number of hydrogen-bond acceptors (Lipinski definition) is 2. The topological polar surface area (TPSA) is 39.2 Å². The van der Waals surface area contributed by atoms with Crippen LogP contribution in [0.2, 0.25) is 0 Å². The molecular formula is C13H21NO. The Bertz CT molecular complexity index is 329. The van der Waals surface area contributed by atoms with Gasteiger partial charge in [-0.1, -0.05) is 13.8 Å². The van der Waals surface area contributed by atoms with Gasteiger partial charge < -0.3 is 10.2 Å². The summed E-state index contributed by atoms with van der Waals surface area (Å²) in [5.74, 6) is 3.46. The van der Waals surface area contributed by atoms with Gasteiger partial charge in [-0.25, -0.2) is 0 Å². The highest BCUT2D eigenvalue weighted by Gasteiger charge is 2.28. The molecule has 0 aromatic carbocycles. The third-order valence-corrected chi connectivity index (χ3v) is 3.60. The molecule has 0 radical (unpaired) electrons. The van der Waals surface area contributed by atoms with E-state index in [2.05, 4.69) is 19.9 Å². The van der Waals surface area contributed by atoms with Crippen LogP contribution in [0.15, 0.2) is 10.5 Å². The standard InChI is InChI=1S/C13H21NO/c1-3-11-7-10-5-4-6-12(9(2)8-14)13(10)15-11/h7,9,12H,3-6,8,14H2,1-2H3. The first-order valence-corrected chi connectivity index (χ1v) is 6.07. The molecule has 0 amide bonds. The van der Waals surface area contributed by atoms with E-state index in [9.17, 15) is 0 Å². The smallest absolute Gasteiger partial charge is 0.110 e. The molecule has 1 heterocycles. The molecule has 0 saturated carbocycles. The average Bonchev–Trinajstić information content (AvgIpc) is 2.70. The molecule has 2 rings (SSSR count). The fraction of sp³-hybridized carbons (Fsp3) is 0.692. The molecule has 2 N–H and O–H groups in total. The van der Waals surface area contributed by atoms with Crippen LogP contribution in [0, 0.1) is 5.92 Å². The van der Waals surface area contributed by atoms with Gasteiger partial charge in [0.05, 0.1) is 0 Å². The molecule has 1 aliphatic carbocycles. The van der Waals surface area contributed by atoms with E-state index in [1.54, 1.807) is 0 Å². The van der Waals surface area contributed by atoms with Gasteiger partial charge in [0.25, 0.3) is 0 Å². The summed E-state index contributed by atoms with van der Waals surface area (Å²) in [6.07, 6.45) is 4.70. The van der Waals surface area contributed by atoms with Crippen LogP contribution in [-0.2, 0) is 12.8 Å². The molecule has 2 nitrogen and oxygen atoms in total. The molecular weight excluding hydrogens is 186 g/mol. The van der Waals surface area contributed by atoms with Crippen molar-refractivity contribution in [3.8, 4) is 0 Å². The molecule has 2 unspecified atom stereocenters. The molecule has 15 heavy (non-hydrogen) atoms. The van der Waals surface area contributed by atoms with Crippen molar-refractivity contribution in [1.82, 2.24) is 0 Å². The van der Waals surface area contributed by atoms with E-state index in [1.807, 2.05) is 0 Å². The van der Waals surface area contributed by atoms with Gasteiger partial charge in [-0.05, 0) is 43.4 Å². The predicted octanol–water partition coefficient (Wildman–Crippen LogP) is 2.86. The Labute approximate surface area is 91.8 Å². The van der Waals surface area contributed by atoms with Crippen molar-refractivity contribution < 1.29 is 4.42 Å². The molecule has 0 spiro atoms. The zero-order chi connectivity index (χ0) is 10.8. The third-order valence-electron chi connectivity index (χ3n) is 3.60. The van der Waals surface area contributed by atoms with Gasteiger partial charge in [-0.2, -0.15) is 0 Å². The summed E-state index contributed by atoms with van der Waals surface area (Å²) in [5, 5.41) is 0. The molecule has 84 valence electrons. The summed E-state index contributed by atoms with van der Waals surface area (Å²) in [5.41, 5.74) is 7.19. The number of furan rings is 1. The predicted molar refractivity (Wildman–Crippen MR) is 62.0 cm³/mol. The van der Waals surface area contributed by atoms with Crippen molar-refractivity contribution >= 4 is 0 Å². The quantitative estimate of drug-likeness (QED) is 0.827. The van der Waals surface area contributed by atoms with E-state index in [-0.39, 0.29) is 0 Å². The normalized spacial score (nSPS) is 22.5. The maximum atomic E-state index is 5.94. The van der Waals surface area contributed by atoms with Crippen LogP contribution in [0.1, 0.15) is 49.7 Å². The minimum absolute atomic E-state index is 0.542. The van der Waals surface area contributed by atoms with Crippen LogP contribution in [0.4, 0.5) is 0 Å². The number of fused-ring (bicyclic) bond motifs is 1. The molecule has 0 bridgehead atoms. The minimum atomic E-state index is 0.542. The lowest BCUT2D eigenvalue weighted by molar-refractivity contribution is 0.332. The summed E-state index contributed by atoms with van der Waals surface area (Å²) in [7, 11) is 0. The van der Waals surface area contributed by atoms with Crippen molar-refractivity contribution in [3.63, 3.8) is 0 Å². The molecule has 1 aromatic heterocycles. The van der Waals surface area contributed by atoms with Gasteiger partial charge in [0.1, 0.15) is 11.5 Å². The molecule has 2 heteroatoms. The first kappa shape index (κ1) is 10.7. The second-order valence-corrected chi connectivity index (χ2v) is 4.67. The van der Waals surface area contributed by atoms with E-state index in [0.717, 1.165) is 18.7 Å². The van der Waals surface area contributed by atoms with Gasteiger partial charge >= 0.3 is 0 Å². The Hall–Kier alpha value is -0.760. The summed E-state index contributed by atoms with van der Waals surface area (Å²) >= 11 is 0. The molecule has 0 fully saturated rings. The lowest BCUT2D eigenvalue weighted by Gasteiger charge is -2.25. The molecule has 2 atom stereocenters. The Kier molecular flexibility index (Phi) is 3.15. The van der Waals surface area contributed by atoms with Gasteiger partial charge in [0.2, 0.25) is 0 Å². The highest BCUT2D eigenvalue weighted by atomic mass is 16.3. The fourth-order valence-corrected chi connectivity index (χ4v) is 2.54. The van der Waals surface area contributed by atoms with Gasteiger partial charge in [0.15, 0.2) is 0 Å². The van der Waals surface area contributed by atoms with E-state index in [0.29, 0.717) is 11.8 Å². The Morgan fingerprint density at radius 3 is 3.07 bits per heavy atom. The van der Waals surface area contributed by atoms with E-state index < -0.39 is 0 Å². The Morgan fingerprint density at radius 2 is 2.40 bits per heavy atom. The van der Waals surface area contributed by atoms with Crippen LogP contribution in [-0.4, -0.2) is 6.54 Å². The Balaban J connectivity index is 2.28. The number of rotatable bonds is 3. The van der Waals surface area contributed by atoms with Crippen LogP contribution in [0.3, 0.4) is 0 Å². The summed E-state index contributed by atoms with van der Waals surface area (Å²) in [6, 6.07) is 2.24. The third kappa shape index (κ3) is 1.96. The fourth-order valence-electron chi connectivity index (χ4n) is 2.54. The van der Waals surface area contributed by atoms with E-state index >= 15 is 0 Å². The Morgan fingerprint density at radius 1 is 1.60 bits per heavy atom. The first-order chi connectivity index (χ1) is 7.26. The summed E-state index contributed by atoms with van der Waals surface area (Å²) in [4.78, 5) is 0. The molecule has 1 aliphatic rings. The van der Waals surface area contributed by atoms with Gasteiger partial charge in [-0.3, -0.25) is 0 Å².